The zero-order valence-corrected chi connectivity index (χ0v) is 13.9. The van der Waals surface area contributed by atoms with E-state index in [-0.39, 0.29) is 5.91 Å². The van der Waals surface area contributed by atoms with Gasteiger partial charge in [0.05, 0.1) is 5.69 Å². The van der Waals surface area contributed by atoms with Crippen molar-refractivity contribution in [3.05, 3.63) is 29.8 Å². The van der Waals surface area contributed by atoms with Gasteiger partial charge in [0.25, 0.3) is 0 Å². The van der Waals surface area contributed by atoms with Crippen LogP contribution in [0.3, 0.4) is 0 Å². The summed E-state index contributed by atoms with van der Waals surface area (Å²) >= 11 is 4.99. The largest absolute Gasteiger partial charge is 0.389 e. The van der Waals surface area contributed by atoms with Crippen molar-refractivity contribution < 1.29 is 4.79 Å². The summed E-state index contributed by atoms with van der Waals surface area (Å²) < 4.78 is 0. The van der Waals surface area contributed by atoms with E-state index < -0.39 is 0 Å². The fourth-order valence-electron chi connectivity index (χ4n) is 2.06. The monoisotopic (exact) mass is 307 g/mol. The molecule has 21 heavy (non-hydrogen) atoms. The van der Waals surface area contributed by atoms with Gasteiger partial charge in [0.2, 0.25) is 5.91 Å². The smallest absolute Gasteiger partial charge is 0.225 e. The molecule has 0 aromatic heterocycles. The van der Waals surface area contributed by atoms with Crippen LogP contribution in [-0.4, -0.2) is 35.9 Å². The lowest BCUT2D eigenvalue weighted by Gasteiger charge is -2.20. The van der Waals surface area contributed by atoms with Gasteiger partial charge in [-0.15, -0.1) is 0 Å². The number of carbonyl (C=O) groups excluding carboxylic acids is 1. The fraction of sp³-hybridized carbons (Fsp3) is 0.500. The van der Waals surface area contributed by atoms with Crippen LogP contribution in [0.5, 0.6) is 0 Å². The first-order valence-electron chi connectivity index (χ1n) is 7.31. The Kier molecular flexibility index (Phi) is 7.32. The van der Waals surface area contributed by atoms with Gasteiger partial charge in [-0.3, -0.25) is 4.79 Å². The van der Waals surface area contributed by atoms with E-state index in [2.05, 4.69) is 24.1 Å². The second kappa shape index (κ2) is 8.74. The third-order valence-electron chi connectivity index (χ3n) is 3.51. The van der Waals surface area contributed by atoms with Gasteiger partial charge in [0, 0.05) is 25.1 Å². The van der Waals surface area contributed by atoms with Gasteiger partial charge >= 0.3 is 0 Å². The molecule has 0 bridgehead atoms. The zero-order valence-electron chi connectivity index (χ0n) is 13.1. The molecule has 1 amide bonds. The summed E-state index contributed by atoms with van der Waals surface area (Å²) in [5.41, 5.74) is 7.04. The van der Waals surface area contributed by atoms with Crippen LogP contribution in [0.2, 0.25) is 0 Å². The third-order valence-corrected chi connectivity index (χ3v) is 3.73. The minimum atomic E-state index is -0.0188. The quantitative estimate of drug-likeness (QED) is 0.725. The Morgan fingerprint density at radius 3 is 2.71 bits per heavy atom. The average Bonchev–Trinajstić information content (AvgIpc) is 2.45. The number of benzene rings is 1. The first kappa shape index (κ1) is 17.6. The molecule has 1 atom stereocenters. The Balaban J connectivity index is 2.49. The van der Waals surface area contributed by atoms with Gasteiger partial charge in [-0.1, -0.05) is 44.6 Å². The van der Waals surface area contributed by atoms with Gasteiger partial charge in [-0.25, -0.2) is 0 Å². The number of thiocarbonyl (C=S) groups is 1. The van der Waals surface area contributed by atoms with E-state index in [0.29, 0.717) is 28.6 Å². The van der Waals surface area contributed by atoms with E-state index in [9.17, 15) is 4.79 Å². The molecule has 0 fully saturated rings. The number of carbonyl (C=O) groups is 1. The average molecular weight is 307 g/mol. The van der Waals surface area contributed by atoms with Crippen molar-refractivity contribution in [3.63, 3.8) is 0 Å². The molecular formula is C16H25N3OS. The number of rotatable bonds is 8. The normalized spacial score (nSPS) is 12.2. The molecule has 1 rings (SSSR count). The van der Waals surface area contributed by atoms with Gasteiger partial charge < -0.3 is 16.0 Å². The summed E-state index contributed by atoms with van der Waals surface area (Å²) in [7, 11) is 2.04. The Hall–Kier alpha value is -1.46. The van der Waals surface area contributed by atoms with Crippen LogP contribution in [-0.2, 0) is 4.79 Å². The first-order chi connectivity index (χ1) is 9.93. The van der Waals surface area contributed by atoms with E-state index in [1.54, 1.807) is 0 Å². The lowest BCUT2D eigenvalue weighted by molar-refractivity contribution is -0.116. The maximum Gasteiger partial charge on any atom is 0.225 e. The van der Waals surface area contributed by atoms with Gasteiger partial charge in [0.15, 0.2) is 0 Å². The molecule has 1 aromatic carbocycles. The maximum absolute atomic E-state index is 12.0. The minimum absolute atomic E-state index is 0.0188. The molecule has 4 nitrogen and oxygen atoms in total. The molecule has 1 aromatic rings. The fourth-order valence-corrected chi connectivity index (χ4v) is 2.24. The molecule has 0 radical (unpaired) electrons. The van der Waals surface area contributed by atoms with Gasteiger partial charge in [-0.05, 0) is 25.1 Å². The van der Waals surface area contributed by atoms with E-state index in [4.69, 9.17) is 18.0 Å². The number of nitrogens with zero attached hydrogens (tertiary/aromatic N) is 1. The van der Waals surface area contributed by atoms with E-state index in [1.165, 1.54) is 0 Å². The molecule has 0 heterocycles. The van der Waals surface area contributed by atoms with Crippen molar-refractivity contribution in [1.82, 2.24) is 4.90 Å². The maximum atomic E-state index is 12.0. The van der Waals surface area contributed by atoms with Gasteiger partial charge in [0.1, 0.15) is 4.99 Å². The Labute approximate surface area is 132 Å². The summed E-state index contributed by atoms with van der Waals surface area (Å²) in [5, 5.41) is 2.88. The Morgan fingerprint density at radius 1 is 1.43 bits per heavy atom. The summed E-state index contributed by atoms with van der Waals surface area (Å²) in [4.78, 5) is 14.5. The molecule has 1 unspecified atom stereocenters. The molecule has 0 aliphatic rings. The van der Waals surface area contributed by atoms with Crippen LogP contribution < -0.4 is 11.1 Å². The van der Waals surface area contributed by atoms with Crippen molar-refractivity contribution in [2.75, 3.05) is 25.5 Å². The van der Waals surface area contributed by atoms with Crippen LogP contribution in [0.4, 0.5) is 5.69 Å². The highest BCUT2D eigenvalue weighted by Crippen LogP contribution is 2.15. The molecule has 5 heteroatoms. The minimum Gasteiger partial charge on any atom is -0.389 e. The lowest BCUT2D eigenvalue weighted by atomic mass is 10.1. The molecule has 0 spiro atoms. The van der Waals surface area contributed by atoms with E-state index >= 15 is 0 Å². The molecular weight excluding hydrogens is 282 g/mol. The topological polar surface area (TPSA) is 58.4 Å². The number of hydrogen-bond acceptors (Lipinski definition) is 3. The van der Waals surface area contributed by atoms with Crippen LogP contribution in [0.15, 0.2) is 24.3 Å². The van der Waals surface area contributed by atoms with E-state index in [0.717, 1.165) is 19.5 Å². The SMILES string of the molecule is CCC(C)CN(C)CCC(=O)Nc1ccccc1C(N)=S. The second-order valence-electron chi connectivity index (χ2n) is 5.48. The summed E-state index contributed by atoms with van der Waals surface area (Å²) in [6, 6.07) is 7.33. The second-order valence-corrected chi connectivity index (χ2v) is 5.92. The van der Waals surface area contributed by atoms with Crippen molar-refractivity contribution in [2.24, 2.45) is 11.7 Å². The van der Waals surface area contributed by atoms with E-state index in [1.807, 2.05) is 31.3 Å². The van der Waals surface area contributed by atoms with Crippen molar-refractivity contribution in [1.29, 1.82) is 0 Å². The van der Waals surface area contributed by atoms with Crippen LogP contribution in [0.1, 0.15) is 32.3 Å². The van der Waals surface area contributed by atoms with Crippen LogP contribution in [0, 0.1) is 5.92 Å². The molecule has 116 valence electrons. The zero-order chi connectivity index (χ0) is 15.8. The number of amides is 1. The van der Waals surface area contributed by atoms with Crippen molar-refractivity contribution >= 4 is 28.8 Å². The number of nitrogens with two attached hydrogens (primary N) is 1. The number of nitrogens with one attached hydrogen (secondary N) is 1. The highest BCUT2D eigenvalue weighted by Gasteiger charge is 2.10. The summed E-state index contributed by atoms with van der Waals surface area (Å²) in [5.74, 6) is 0.628. The summed E-state index contributed by atoms with van der Waals surface area (Å²) in [6.07, 6.45) is 1.61. The molecule has 0 saturated carbocycles. The van der Waals surface area contributed by atoms with Crippen molar-refractivity contribution in [2.45, 2.75) is 26.7 Å². The third kappa shape index (κ3) is 6.23. The van der Waals surface area contributed by atoms with Gasteiger partial charge in [-0.2, -0.15) is 0 Å². The Bertz CT molecular complexity index is 490. The standard InChI is InChI=1S/C16H25N3OS/c1-4-12(2)11-19(3)10-9-15(20)18-14-8-6-5-7-13(14)16(17)21/h5-8,12H,4,9-11H2,1-3H3,(H2,17,21)(H,18,20). The van der Waals surface area contributed by atoms with Crippen LogP contribution >= 0.6 is 12.2 Å². The highest BCUT2D eigenvalue weighted by molar-refractivity contribution is 7.80. The first-order valence-corrected chi connectivity index (χ1v) is 7.72. The molecule has 0 saturated heterocycles. The van der Waals surface area contributed by atoms with Crippen LogP contribution in [0.25, 0.3) is 0 Å². The van der Waals surface area contributed by atoms with Crippen molar-refractivity contribution in [3.8, 4) is 0 Å². The number of para-hydroxylation sites is 1. The molecule has 0 aliphatic heterocycles. The number of anilines is 1. The number of hydrogen-bond donors (Lipinski definition) is 2. The lowest BCUT2D eigenvalue weighted by Crippen LogP contribution is -2.28. The molecule has 0 aliphatic carbocycles. The molecule has 3 N–H and O–H groups in total. The summed E-state index contributed by atoms with van der Waals surface area (Å²) in [6.45, 7) is 6.14. The highest BCUT2D eigenvalue weighted by atomic mass is 32.1. The predicted octanol–water partition coefficient (Wildman–Crippen LogP) is 2.63. The Morgan fingerprint density at radius 2 is 2.10 bits per heavy atom. The predicted molar refractivity (Wildman–Crippen MR) is 92.5 cm³/mol.